The molecular weight excluding hydrogens is 266 g/mol. The number of carbonyl (C=O) groups is 1. The number of amides is 1. The summed E-state index contributed by atoms with van der Waals surface area (Å²) in [6, 6.07) is 7.95. The second-order valence-electron chi connectivity index (χ2n) is 5.41. The zero-order chi connectivity index (χ0) is 14.7. The summed E-state index contributed by atoms with van der Waals surface area (Å²) < 4.78 is 5.49. The summed E-state index contributed by atoms with van der Waals surface area (Å²) in [5.41, 5.74) is 2.36. The maximum Gasteiger partial charge on any atom is 0.239 e. The normalized spacial score (nSPS) is 22.3. The number of rotatable bonds is 4. The predicted molar refractivity (Wildman–Crippen MR) is 82.2 cm³/mol. The van der Waals surface area contributed by atoms with Gasteiger partial charge in [0.1, 0.15) is 6.04 Å². The van der Waals surface area contributed by atoms with E-state index < -0.39 is 0 Å². The van der Waals surface area contributed by atoms with Crippen LogP contribution < -0.4 is 10.6 Å². The standard InChI is InChI=1S/C16H21N3O2/c1-11-15(17-8-9-21-11)16(20)18-7-6-12-10-19-14-5-3-2-4-13(12)14/h2-5,10-11,15,17,19H,6-9H2,1H3,(H,18,20)/t11-,15+/m1/s1. The van der Waals surface area contributed by atoms with E-state index in [4.69, 9.17) is 4.74 Å². The van der Waals surface area contributed by atoms with E-state index in [-0.39, 0.29) is 18.1 Å². The fraction of sp³-hybridized carbons (Fsp3) is 0.438. The first-order valence-electron chi connectivity index (χ1n) is 7.43. The molecule has 1 amide bonds. The molecule has 1 saturated heterocycles. The first-order chi connectivity index (χ1) is 10.3. The van der Waals surface area contributed by atoms with E-state index in [2.05, 4.69) is 27.8 Å². The molecule has 3 rings (SSSR count). The SMILES string of the molecule is C[C@H]1OCCN[C@@H]1C(=O)NCCc1c[nH]c2ccccc12. The topological polar surface area (TPSA) is 66.2 Å². The molecule has 0 bridgehead atoms. The zero-order valence-electron chi connectivity index (χ0n) is 12.2. The van der Waals surface area contributed by atoms with Gasteiger partial charge in [0, 0.05) is 30.2 Å². The van der Waals surface area contributed by atoms with Crippen molar-refractivity contribution in [1.29, 1.82) is 0 Å². The quantitative estimate of drug-likeness (QED) is 0.792. The molecule has 0 radical (unpaired) electrons. The molecule has 2 aromatic rings. The summed E-state index contributed by atoms with van der Waals surface area (Å²) in [4.78, 5) is 15.4. The highest BCUT2D eigenvalue weighted by Crippen LogP contribution is 2.17. The minimum absolute atomic E-state index is 0.0158. The van der Waals surface area contributed by atoms with E-state index in [0.29, 0.717) is 13.2 Å². The smallest absolute Gasteiger partial charge is 0.239 e. The summed E-state index contributed by atoms with van der Waals surface area (Å²) in [5.74, 6) is 0.0158. The van der Waals surface area contributed by atoms with Crippen LogP contribution in [0.1, 0.15) is 12.5 Å². The fourth-order valence-electron chi connectivity index (χ4n) is 2.80. The third kappa shape index (κ3) is 3.09. The molecule has 1 fully saturated rings. The van der Waals surface area contributed by atoms with Crippen LogP contribution in [0.15, 0.2) is 30.5 Å². The van der Waals surface area contributed by atoms with Crippen molar-refractivity contribution >= 4 is 16.8 Å². The van der Waals surface area contributed by atoms with Gasteiger partial charge < -0.3 is 20.4 Å². The summed E-state index contributed by atoms with van der Waals surface area (Å²) in [6.45, 7) is 3.95. The van der Waals surface area contributed by atoms with E-state index in [0.717, 1.165) is 18.5 Å². The second kappa shape index (κ2) is 6.28. The van der Waals surface area contributed by atoms with Crippen LogP contribution in [0.3, 0.4) is 0 Å². The molecule has 2 atom stereocenters. The van der Waals surface area contributed by atoms with Gasteiger partial charge in [0.05, 0.1) is 12.7 Å². The van der Waals surface area contributed by atoms with Gasteiger partial charge in [-0.1, -0.05) is 18.2 Å². The Labute approximate surface area is 124 Å². The molecule has 1 aromatic heterocycles. The third-order valence-electron chi connectivity index (χ3n) is 3.97. The Bertz CT molecular complexity index is 623. The minimum atomic E-state index is -0.248. The van der Waals surface area contributed by atoms with Gasteiger partial charge in [0.25, 0.3) is 0 Å². The number of hydrogen-bond acceptors (Lipinski definition) is 3. The number of aromatic amines is 1. The Hall–Kier alpha value is -1.85. The van der Waals surface area contributed by atoms with Crippen molar-refractivity contribution in [1.82, 2.24) is 15.6 Å². The van der Waals surface area contributed by atoms with Crippen LogP contribution in [-0.4, -0.2) is 42.7 Å². The largest absolute Gasteiger partial charge is 0.375 e. The van der Waals surface area contributed by atoms with Crippen LogP contribution in [0.5, 0.6) is 0 Å². The molecule has 5 nitrogen and oxygen atoms in total. The van der Waals surface area contributed by atoms with E-state index >= 15 is 0 Å². The molecular formula is C16H21N3O2. The fourth-order valence-corrected chi connectivity index (χ4v) is 2.80. The van der Waals surface area contributed by atoms with Crippen molar-refractivity contribution in [3.8, 4) is 0 Å². The van der Waals surface area contributed by atoms with Crippen molar-refractivity contribution in [2.45, 2.75) is 25.5 Å². The van der Waals surface area contributed by atoms with Crippen LogP contribution in [0.2, 0.25) is 0 Å². The van der Waals surface area contributed by atoms with Crippen LogP contribution in [0.25, 0.3) is 10.9 Å². The summed E-state index contributed by atoms with van der Waals surface area (Å²) >= 11 is 0. The first-order valence-corrected chi connectivity index (χ1v) is 7.43. The maximum atomic E-state index is 12.1. The Morgan fingerprint density at radius 3 is 3.14 bits per heavy atom. The Balaban J connectivity index is 1.55. The highest BCUT2D eigenvalue weighted by atomic mass is 16.5. The molecule has 112 valence electrons. The molecule has 2 heterocycles. The minimum Gasteiger partial charge on any atom is -0.375 e. The summed E-state index contributed by atoms with van der Waals surface area (Å²) in [7, 11) is 0. The van der Waals surface area contributed by atoms with Gasteiger partial charge in [0.15, 0.2) is 0 Å². The van der Waals surface area contributed by atoms with E-state index in [9.17, 15) is 4.79 Å². The van der Waals surface area contributed by atoms with E-state index in [1.54, 1.807) is 0 Å². The molecule has 0 saturated carbocycles. The van der Waals surface area contributed by atoms with Crippen molar-refractivity contribution in [2.75, 3.05) is 19.7 Å². The summed E-state index contributed by atoms with van der Waals surface area (Å²) in [6.07, 6.45) is 2.76. The number of benzene rings is 1. The monoisotopic (exact) mass is 287 g/mol. The number of hydrogen-bond donors (Lipinski definition) is 3. The average Bonchev–Trinajstić information content (AvgIpc) is 2.91. The Kier molecular flexibility index (Phi) is 4.22. The highest BCUT2D eigenvalue weighted by molar-refractivity contribution is 5.84. The van der Waals surface area contributed by atoms with Gasteiger partial charge in [0.2, 0.25) is 5.91 Å². The number of H-pyrrole nitrogens is 1. The summed E-state index contributed by atoms with van der Waals surface area (Å²) in [5, 5.41) is 7.41. The van der Waals surface area contributed by atoms with Crippen LogP contribution in [0.4, 0.5) is 0 Å². The van der Waals surface area contributed by atoms with Crippen molar-refractivity contribution < 1.29 is 9.53 Å². The third-order valence-corrected chi connectivity index (χ3v) is 3.97. The number of para-hydroxylation sites is 1. The lowest BCUT2D eigenvalue weighted by molar-refractivity contribution is -0.128. The molecule has 0 spiro atoms. The molecule has 21 heavy (non-hydrogen) atoms. The second-order valence-corrected chi connectivity index (χ2v) is 5.41. The maximum absolute atomic E-state index is 12.1. The number of ether oxygens (including phenoxy) is 1. The lowest BCUT2D eigenvalue weighted by atomic mass is 10.1. The predicted octanol–water partition coefficient (Wildman–Crippen LogP) is 1.20. The lowest BCUT2D eigenvalue weighted by Crippen LogP contribution is -2.55. The molecule has 5 heteroatoms. The van der Waals surface area contributed by atoms with Gasteiger partial charge in [-0.25, -0.2) is 0 Å². The molecule has 0 unspecified atom stereocenters. The van der Waals surface area contributed by atoms with E-state index in [1.807, 2.05) is 25.3 Å². The molecule has 1 aliphatic rings. The van der Waals surface area contributed by atoms with E-state index in [1.165, 1.54) is 10.9 Å². The Morgan fingerprint density at radius 2 is 2.29 bits per heavy atom. The lowest BCUT2D eigenvalue weighted by Gasteiger charge is -2.29. The van der Waals surface area contributed by atoms with Crippen molar-refractivity contribution in [3.05, 3.63) is 36.0 Å². The first kappa shape index (κ1) is 14.1. The number of aromatic nitrogens is 1. The van der Waals surface area contributed by atoms with Gasteiger partial charge >= 0.3 is 0 Å². The van der Waals surface area contributed by atoms with Crippen LogP contribution in [-0.2, 0) is 16.0 Å². The molecule has 1 aliphatic heterocycles. The van der Waals surface area contributed by atoms with Crippen LogP contribution >= 0.6 is 0 Å². The molecule has 1 aromatic carbocycles. The van der Waals surface area contributed by atoms with Crippen molar-refractivity contribution in [3.63, 3.8) is 0 Å². The number of carbonyl (C=O) groups excluding carboxylic acids is 1. The molecule has 3 N–H and O–H groups in total. The molecule has 0 aliphatic carbocycles. The van der Waals surface area contributed by atoms with Crippen molar-refractivity contribution in [2.24, 2.45) is 0 Å². The zero-order valence-corrected chi connectivity index (χ0v) is 12.2. The van der Waals surface area contributed by atoms with Gasteiger partial charge in [-0.15, -0.1) is 0 Å². The van der Waals surface area contributed by atoms with Gasteiger partial charge in [-0.2, -0.15) is 0 Å². The number of fused-ring (bicyclic) bond motifs is 1. The number of morpholine rings is 1. The van der Waals surface area contributed by atoms with Crippen LogP contribution in [0, 0.1) is 0 Å². The highest BCUT2D eigenvalue weighted by Gasteiger charge is 2.27. The average molecular weight is 287 g/mol. The van der Waals surface area contributed by atoms with Gasteiger partial charge in [-0.3, -0.25) is 4.79 Å². The number of nitrogens with one attached hydrogen (secondary N) is 3. The van der Waals surface area contributed by atoms with Gasteiger partial charge in [-0.05, 0) is 25.0 Å². The Morgan fingerprint density at radius 1 is 1.43 bits per heavy atom.